The van der Waals surface area contributed by atoms with Gasteiger partial charge in [0.2, 0.25) is 5.91 Å². The molecule has 0 aliphatic carbocycles. The van der Waals surface area contributed by atoms with Crippen molar-refractivity contribution in [3.63, 3.8) is 0 Å². The lowest BCUT2D eigenvalue weighted by atomic mass is 9.77. The van der Waals surface area contributed by atoms with Gasteiger partial charge in [-0.1, -0.05) is 72.8 Å². The molecule has 5 heteroatoms. The molecule has 5 nitrogen and oxygen atoms in total. The van der Waals surface area contributed by atoms with Gasteiger partial charge in [0.05, 0.1) is 18.6 Å². The molecule has 1 spiro atoms. The summed E-state index contributed by atoms with van der Waals surface area (Å²) in [5.74, 6) is -1.48. The molecule has 2 fully saturated rings. The van der Waals surface area contributed by atoms with Gasteiger partial charge in [0.1, 0.15) is 18.1 Å². The average Bonchev–Trinajstić information content (AvgIpc) is 3.36. The fourth-order valence-corrected chi connectivity index (χ4v) is 4.61. The highest BCUT2D eigenvalue weighted by Gasteiger charge is 2.67. The van der Waals surface area contributed by atoms with Crippen molar-refractivity contribution in [2.75, 3.05) is 6.54 Å². The van der Waals surface area contributed by atoms with Crippen molar-refractivity contribution < 1.29 is 19.1 Å². The topological polar surface area (TPSA) is 55.8 Å². The first kappa shape index (κ1) is 17.2. The maximum Gasteiger partial charge on any atom is 0.313 e. The van der Waals surface area contributed by atoms with Crippen molar-refractivity contribution in [2.24, 2.45) is 11.8 Å². The molecule has 0 radical (unpaired) electrons. The van der Waals surface area contributed by atoms with Gasteiger partial charge in [0.25, 0.3) is 0 Å². The Labute approximate surface area is 163 Å². The number of likely N-dealkylation sites (tertiary alicyclic amines) is 1. The molecule has 142 valence electrons. The number of esters is 1. The number of nitrogens with zero attached hydrogens (tertiary/aromatic N) is 1. The average molecular weight is 375 g/mol. The third-order valence-corrected chi connectivity index (χ3v) is 5.89. The second-order valence-electron chi connectivity index (χ2n) is 7.67. The third kappa shape index (κ3) is 2.74. The van der Waals surface area contributed by atoms with Gasteiger partial charge in [0.15, 0.2) is 0 Å². The molecule has 1 unspecified atom stereocenters. The Morgan fingerprint density at radius 1 is 1.07 bits per heavy atom. The Bertz CT molecular complexity index is 926. The van der Waals surface area contributed by atoms with Crippen molar-refractivity contribution in [1.29, 1.82) is 0 Å². The van der Waals surface area contributed by atoms with Gasteiger partial charge in [-0.3, -0.25) is 9.59 Å². The van der Waals surface area contributed by atoms with E-state index in [2.05, 4.69) is 0 Å². The van der Waals surface area contributed by atoms with Crippen LogP contribution in [-0.4, -0.2) is 35.0 Å². The van der Waals surface area contributed by atoms with E-state index in [-0.39, 0.29) is 24.6 Å². The largest absolute Gasteiger partial charge is 0.460 e. The maximum atomic E-state index is 13.2. The quantitative estimate of drug-likeness (QED) is 0.596. The summed E-state index contributed by atoms with van der Waals surface area (Å²) in [6.07, 6.45) is 3.49. The number of ether oxygens (including phenoxy) is 2. The van der Waals surface area contributed by atoms with Gasteiger partial charge in [-0.25, -0.2) is 0 Å². The minimum atomic E-state index is -0.701. The van der Waals surface area contributed by atoms with E-state index in [0.29, 0.717) is 13.1 Å². The normalized spacial score (nSPS) is 29.9. The lowest BCUT2D eigenvalue weighted by Crippen LogP contribution is -2.39. The van der Waals surface area contributed by atoms with E-state index in [1.165, 1.54) is 0 Å². The molecule has 1 amide bonds. The highest BCUT2D eigenvalue weighted by Crippen LogP contribution is 2.52. The lowest BCUT2D eigenvalue weighted by Gasteiger charge is -2.22. The molecule has 3 heterocycles. The van der Waals surface area contributed by atoms with E-state index in [1.54, 1.807) is 4.90 Å². The smallest absolute Gasteiger partial charge is 0.313 e. The predicted molar refractivity (Wildman–Crippen MR) is 102 cm³/mol. The Balaban J connectivity index is 1.33. The molecule has 0 N–H and O–H groups in total. The summed E-state index contributed by atoms with van der Waals surface area (Å²) in [5.41, 5.74) is 1.29. The standard InChI is InChI=1S/C23H21NO4/c25-21-20-19(22(26)27-14-17-9-5-2-6-10-17)18-11-12-23(20,28-18)15-24(21)13-16-7-3-1-4-8-16/h1-12,18-20H,13-15H2/t18-,19?,20+,23-/m1/s1. The summed E-state index contributed by atoms with van der Waals surface area (Å²) in [7, 11) is 0. The highest BCUT2D eigenvalue weighted by molar-refractivity contribution is 5.91. The Kier molecular flexibility index (Phi) is 4.05. The second-order valence-corrected chi connectivity index (χ2v) is 7.67. The van der Waals surface area contributed by atoms with Crippen LogP contribution in [0.4, 0.5) is 0 Å². The van der Waals surface area contributed by atoms with Crippen molar-refractivity contribution in [3.05, 3.63) is 83.9 Å². The van der Waals surface area contributed by atoms with Gasteiger partial charge in [-0.05, 0) is 11.1 Å². The summed E-state index contributed by atoms with van der Waals surface area (Å²) in [6.45, 7) is 1.20. The van der Waals surface area contributed by atoms with Gasteiger partial charge in [0, 0.05) is 6.54 Å². The van der Waals surface area contributed by atoms with Gasteiger partial charge >= 0.3 is 5.97 Å². The first-order chi connectivity index (χ1) is 13.7. The van der Waals surface area contributed by atoms with Crippen LogP contribution in [0.25, 0.3) is 0 Å². The Hall–Kier alpha value is -2.92. The van der Waals surface area contributed by atoms with E-state index < -0.39 is 17.4 Å². The fourth-order valence-electron chi connectivity index (χ4n) is 4.61. The Morgan fingerprint density at radius 2 is 1.75 bits per heavy atom. The minimum Gasteiger partial charge on any atom is -0.460 e. The van der Waals surface area contributed by atoms with Crippen molar-refractivity contribution in [1.82, 2.24) is 4.90 Å². The summed E-state index contributed by atoms with van der Waals surface area (Å²) in [5, 5.41) is 0. The van der Waals surface area contributed by atoms with Gasteiger partial charge < -0.3 is 14.4 Å². The zero-order valence-electron chi connectivity index (χ0n) is 15.4. The summed E-state index contributed by atoms with van der Waals surface area (Å²) < 4.78 is 11.7. The van der Waals surface area contributed by atoms with E-state index in [1.807, 2.05) is 72.8 Å². The van der Waals surface area contributed by atoms with Crippen molar-refractivity contribution in [2.45, 2.75) is 24.9 Å². The molecule has 0 saturated carbocycles. The minimum absolute atomic E-state index is 0.0302. The monoisotopic (exact) mass is 375 g/mol. The van der Waals surface area contributed by atoms with Crippen LogP contribution in [0, 0.1) is 11.8 Å². The lowest BCUT2D eigenvalue weighted by molar-refractivity contribution is -0.155. The van der Waals surface area contributed by atoms with E-state index in [4.69, 9.17) is 9.47 Å². The SMILES string of the molecule is O=C(OCc1ccccc1)C1[C@H]2C(=O)N(Cc3ccccc3)C[C@]23C=C[C@H]1O3. The molecule has 3 aliphatic heterocycles. The number of fused-ring (bicyclic) bond motifs is 1. The molecule has 2 saturated heterocycles. The molecular formula is C23H21NO4. The van der Waals surface area contributed by atoms with E-state index in [9.17, 15) is 9.59 Å². The number of carbonyl (C=O) groups is 2. The van der Waals surface area contributed by atoms with Crippen LogP contribution in [0.3, 0.4) is 0 Å². The maximum absolute atomic E-state index is 13.2. The molecule has 2 bridgehead atoms. The number of rotatable bonds is 5. The molecule has 5 rings (SSSR count). The highest BCUT2D eigenvalue weighted by atomic mass is 16.6. The van der Waals surface area contributed by atoms with Crippen LogP contribution in [-0.2, 0) is 32.2 Å². The summed E-state index contributed by atoms with van der Waals surface area (Å²) in [6, 6.07) is 19.4. The molecule has 0 aromatic heterocycles. The third-order valence-electron chi connectivity index (χ3n) is 5.89. The van der Waals surface area contributed by atoms with Crippen LogP contribution in [0.5, 0.6) is 0 Å². The van der Waals surface area contributed by atoms with E-state index >= 15 is 0 Å². The zero-order chi connectivity index (χ0) is 19.1. The molecule has 3 aliphatic rings. The molecule has 2 aromatic rings. The number of hydrogen-bond acceptors (Lipinski definition) is 4. The number of carbonyl (C=O) groups excluding carboxylic acids is 2. The molecule has 2 aromatic carbocycles. The summed E-state index contributed by atoms with van der Waals surface area (Å²) in [4.78, 5) is 27.8. The fraction of sp³-hybridized carbons (Fsp3) is 0.304. The zero-order valence-corrected chi connectivity index (χ0v) is 15.4. The van der Waals surface area contributed by atoms with E-state index in [0.717, 1.165) is 11.1 Å². The van der Waals surface area contributed by atoms with Crippen molar-refractivity contribution >= 4 is 11.9 Å². The van der Waals surface area contributed by atoms with Crippen LogP contribution in [0.15, 0.2) is 72.8 Å². The van der Waals surface area contributed by atoms with Crippen LogP contribution < -0.4 is 0 Å². The van der Waals surface area contributed by atoms with Crippen LogP contribution >= 0.6 is 0 Å². The molecular weight excluding hydrogens is 354 g/mol. The first-order valence-corrected chi connectivity index (χ1v) is 9.57. The number of hydrogen-bond donors (Lipinski definition) is 0. The Morgan fingerprint density at radius 3 is 2.46 bits per heavy atom. The number of amides is 1. The molecule has 4 atom stereocenters. The second kappa shape index (κ2) is 6.60. The van der Waals surface area contributed by atoms with Crippen LogP contribution in [0.1, 0.15) is 11.1 Å². The predicted octanol–water partition coefficient (Wildman–Crippen LogP) is 2.71. The molecule has 28 heavy (non-hydrogen) atoms. The summed E-state index contributed by atoms with van der Waals surface area (Å²) >= 11 is 0. The number of benzene rings is 2. The van der Waals surface area contributed by atoms with Gasteiger partial charge in [-0.15, -0.1) is 0 Å². The van der Waals surface area contributed by atoms with Crippen LogP contribution in [0.2, 0.25) is 0 Å². The first-order valence-electron chi connectivity index (χ1n) is 9.57. The van der Waals surface area contributed by atoms with Gasteiger partial charge in [-0.2, -0.15) is 0 Å². The van der Waals surface area contributed by atoms with Crippen molar-refractivity contribution in [3.8, 4) is 0 Å².